The van der Waals surface area contributed by atoms with Crippen LogP contribution in [0.5, 0.6) is 0 Å². The van der Waals surface area contributed by atoms with Crippen molar-refractivity contribution in [2.75, 3.05) is 11.9 Å². The number of nitrogens with zero attached hydrogens (tertiary/aromatic N) is 1. The van der Waals surface area contributed by atoms with E-state index in [1.807, 2.05) is 12.1 Å². The van der Waals surface area contributed by atoms with E-state index in [0.717, 1.165) is 30.6 Å². The van der Waals surface area contributed by atoms with Crippen molar-refractivity contribution in [3.63, 3.8) is 0 Å². The van der Waals surface area contributed by atoms with E-state index < -0.39 is 5.60 Å². The second-order valence-corrected chi connectivity index (χ2v) is 6.69. The second-order valence-electron chi connectivity index (χ2n) is 6.69. The summed E-state index contributed by atoms with van der Waals surface area (Å²) in [5.41, 5.74) is 0.810. The number of anilines is 1. The van der Waals surface area contributed by atoms with Gasteiger partial charge in [0.1, 0.15) is 5.76 Å². The Bertz CT molecular complexity index is 703. The van der Waals surface area contributed by atoms with Crippen LogP contribution in [0.15, 0.2) is 34.9 Å². The molecule has 0 atom stereocenters. The molecule has 1 heterocycles. The fourth-order valence-electron chi connectivity index (χ4n) is 2.56. The van der Waals surface area contributed by atoms with Crippen molar-refractivity contribution in [2.24, 2.45) is 0 Å². The van der Waals surface area contributed by atoms with Crippen LogP contribution in [0.25, 0.3) is 11.5 Å². The summed E-state index contributed by atoms with van der Waals surface area (Å²) in [6, 6.07) is 6.98. The van der Waals surface area contributed by atoms with Crippen LogP contribution in [0.2, 0.25) is 0 Å². The van der Waals surface area contributed by atoms with E-state index in [2.05, 4.69) is 29.5 Å². The summed E-state index contributed by atoms with van der Waals surface area (Å²) < 4.78 is 5.71. The third kappa shape index (κ3) is 3.76. The molecule has 0 radical (unpaired) electrons. The summed E-state index contributed by atoms with van der Waals surface area (Å²) in [5, 5.41) is 15.4. The molecule has 6 nitrogen and oxygen atoms in total. The van der Waals surface area contributed by atoms with Gasteiger partial charge in [0.25, 0.3) is 0 Å². The fourth-order valence-corrected chi connectivity index (χ4v) is 2.56. The Balaban J connectivity index is 1.56. The molecular formula is C18H23N3O3. The third-order valence-electron chi connectivity index (χ3n) is 4.34. The monoisotopic (exact) mass is 329 g/mol. The molecule has 1 fully saturated rings. The van der Waals surface area contributed by atoms with Crippen LogP contribution in [0.3, 0.4) is 0 Å². The van der Waals surface area contributed by atoms with E-state index in [9.17, 15) is 9.90 Å². The Kier molecular flexibility index (Phi) is 4.57. The molecular weight excluding hydrogens is 306 g/mol. The molecule has 1 saturated carbocycles. The van der Waals surface area contributed by atoms with E-state index in [1.165, 1.54) is 0 Å². The Morgan fingerprint density at radius 1 is 1.33 bits per heavy atom. The average Bonchev–Trinajstić information content (AvgIpc) is 3.02. The minimum absolute atomic E-state index is 0.283. The van der Waals surface area contributed by atoms with Gasteiger partial charge in [0.15, 0.2) is 0 Å². The van der Waals surface area contributed by atoms with Crippen LogP contribution in [-0.4, -0.2) is 28.3 Å². The van der Waals surface area contributed by atoms with Crippen molar-refractivity contribution in [1.82, 2.24) is 10.3 Å². The summed E-state index contributed by atoms with van der Waals surface area (Å²) in [6.45, 7) is 4.39. The van der Waals surface area contributed by atoms with Gasteiger partial charge in [-0.15, -0.1) is 0 Å². The van der Waals surface area contributed by atoms with Crippen molar-refractivity contribution < 1.29 is 14.3 Å². The first-order valence-corrected chi connectivity index (χ1v) is 8.29. The lowest BCUT2D eigenvalue weighted by molar-refractivity contribution is -0.0287. The molecule has 1 aliphatic rings. The number of amides is 2. The van der Waals surface area contributed by atoms with Gasteiger partial charge in [0.2, 0.25) is 5.89 Å². The molecule has 1 aromatic heterocycles. The first-order valence-electron chi connectivity index (χ1n) is 8.29. The second kappa shape index (κ2) is 6.65. The summed E-state index contributed by atoms with van der Waals surface area (Å²) in [5.74, 6) is 1.71. The molecule has 3 N–H and O–H groups in total. The molecule has 128 valence electrons. The topological polar surface area (TPSA) is 87.4 Å². The number of aliphatic hydroxyl groups is 1. The van der Waals surface area contributed by atoms with Crippen LogP contribution in [0.4, 0.5) is 10.5 Å². The average molecular weight is 329 g/mol. The van der Waals surface area contributed by atoms with Gasteiger partial charge in [-0.05, 0) is 43.5 Å². The smallest absolute Gasteiger partial charge is 0.319 e. The zero-order valence-corrected chi connectivity index (χ0v) is 14.0. The molecule has 0 aliphatic heterocycles. The molecule has 0 unspecified atom stereocenters. The van der Waals surface area contributed by atoms with Crippen LogP contribution in [-0.2, 0) is 0 Å². The number of oxazole rings is 1. The van der Waals surface area contributed by atoms with Crippen molar-refractivity contribution in [1.29, 1.82) is 0 Å². The first-order chi connectivity index (χ1) is 11.5. The standard InChI is InChI=1S/C18H23N3O3/c1-12(2)15-10-19-16(24-15)13-4-6-14(7-5-13)21-17(22)20-11-18(23)8-3-9-18/h4-7,10,12,23H,3,8-9,11H2,1-2H3,(H2,20,21,22). The van der Waals surface area contributed by atoms with Gasteiger partial charge in [0, 0.05) is 23.7 Å². The zero-order chi connectivity index (χ0) is 17.2. The lowest BCUT2D eigenvalue weighted by atomic mass is 9.80. The Labute approximate surface area is 141 Å². The summed E-state index contributed by atoms with van der Waals surface area (Å²) >= 11 is 0. The zero-order valence-electron chi connectivity index (χ0n) is 14.0. The maximum Gasteiger partial charge on any atom is 0.319 e. The number of benzene rings is 1. The molecule has 6 heteroatoms. The molecule has 0 spiro atoms. The molecule has 0 saturated heterocycles. The van der Waals surface area contributed by atoms with Crippen molar-refractivity contribution in [2.45, 2.75) is 44.6 Å². The maximum absolute atomic E-state index is 11.9. The number of carbonyl (C=O) groups excluding carboxylic acids is 1. The molecule has 3 rings (SSSR count). The predicted octanol–water partition coefficient (Wildman–Crippen LogP) is 3.50. The summed E-state index contributed by atoms with van der Waals surface area (Å²) in [7, 11) is 0. The van der Waals surface area contributed by atoms with E-state index in [0.29, 0.717) is 17.5 Å². The van der Waals surface area contributed by atoms with E-state index in [1.54, 1.807) is 18.3 Å². The van der Waals surface area contributed by atoms with Crippen LogP contribution >= 0.6 is 0 Å². The lowest BCUT2D eigenvalue weighted by Crippen LogP contribution is -2.48. The molecule has 24 heavy (non-hydrogen) atoms. The predicted molar refractivity (Wildman–Crippen MR) is 91.9 cm³/mol. The number of urea groups is 1. The van der Waals surface area contributed by atoms with Crippen molar-refractivity contribution in [3.05, 3.63) is 36.2 Å². The quantitative estimate of drug-likeness (QED) is 0.783. The highest BCUT2D eigenvalue weighted by atomic mass is 16.4. The highest BCUT2D eigenvalue weighted by Gasteiger charge is 2.34. The van der Waals surface area contributed by atoms with Gasteiger partial charge in [-0.25, -0.2) is 9.78 Å². The molecule has 2 aromatic rings. The van der Waals surface area contributed by atoms with E-state index in [4.69, 9.17) is 4.42 Å². The van der Waals surface area contributed by atoms with Gasteiger partial charge in [0.05, 0.1) is 11.8 Å². The highest BCUT2D eigenvalue weighted by molar-refractivity contribution is 5.89. The molecule has 1 aliphatic carbocycles. The van der Waals surface area contributed by atoms with Crippen LogP contribution in [0.1, 0.15) is 44.8 Å². The summed E-state index contributed by atoms with van der Waals surface area (Å²) in [4.78, 5) is 16.1. The van der Waals surface area contributed by atoms with Gasteiger partial charge in [-0.1, -0.05) is 13.8 Å². The van der Waals surface area contributed by atoms with Gasteiger partial charge in [-0.3, -0.25) is 0 Å². The number of aromatic nitrogens is 1. The fraction of sp³-hybridized carbons (Fsp3) is 0.444. The molecule has 2 amide bonds. The van der Waals surface area contributed by atoms with Crippen LogP contribution < -0.4 is 10.6 Å². The van der Waals surface area contributed by atoms with Gasteiger partial charge < -0.3 is 20.2 Å². The van der Waals surface area contributed by atoms with E-state index >= 15 is 0 Å². The molecule has 1 aromatic carbocycles. The number of hydrogen-bond donors (Lipinski definition) is 3. The Morgan fingerprint density at radius 3 is 2.58 bits per heavy atom. The van der Waals surface area contributed by atoms with Gasteiger partial charge in [-0.2, -0.15) is 0 Å². The number of rotatable bonds is 5. The number of nitrogens with one attached hydrogen (secondary N) is 2. The minimum atomic E-state index is -0.722. The normalized spacial score (nSPS) is 15.8. The van der Waals surface area contributed by atoms with Crippen molar-refractivity contribution >= 4 is 11.7 Å². The maximum atomic E-state index is 11.9. The Morgan fingerprint density at radius 2 is 2.04 bits per heavy atom. The first kappa shape index (κ1) is 16.5. The van der Waals surface area contributed by atoms with E-state index in [-0.39, 0.29) is 12.6 Å². The minimum Gasteiger partial charge on any atom is -0.441 e. The Hall–Kier alpha value is -2.34. The van der Waals surface area contributed by atoms with Gasteiger partial charge >= 0.3 is 6.03 Å². The SMILES string of the molecule is CC(C)c1cnc(-c2ccc(NC(=O)NCC3(O)CCC3)cc2)o1. The van der Waals surface area contributed by atoms with Crippen LogP contribution in [0, 0.1) is 0 Å². The summed E-state index contributed by atoms with van der Waals surface area (Å²) in [6.07, 6.45) is 4.25. The largest absolute Gasteiger partial charge is 0.441 e. The van der Waals surface area contributed by atoms with Crippen molar-refractivity contribution in [3.8, 4) is 11.5 Å². The lowest BCUT2D eigenvalue weighted by Gasteiger charge is -2.36. The molecule has 0 bridgehead atoms. The highest BCUT2D eigenvalue weighted by Crippen LogP contribution is 2.30. The number of carbonyl (C=O) groups is 1. The third-order valence-corrected chi connectivity index (χ3v) is 4.34. The number of hydrogen-bond acceptors (Lipinski definition) is 4.